The Labute approximate surface area is 209 Å². The molecule has 1 aliphatic heterocycles. The third-order valence-corrected chi connectivity index (χ3v) is 9.13. The maximum absolute atomic E-state index is 10.4. The number of piperidine rings is 1. The molecule has 0 amide bonds. The van der Waals surface area contributed by atoms with Gasteiger partial charge in [-0.2, -0.15) is 0 Å². The molecule has 2 heterocycles. The first-order valence-corrected chi connectivity index (χ1v) is 14.4. The number of likely N-dealkylation sites (tertiary alicyclic amines) is 1. The summed E-state index contributed by atoms with van der Waals surface area (Å²) >= 11 is 2.69. The van der Waals surface area contributed by atoms with Crippen LogP contribution in [0.1, 0.15) is 75.3 Å². The number of pyridine rings is 1. The Morgan fingerprint density at radius 3 is 2.67 bits per heavy atom. The standard InChI is InChI=1S/C28H41AsN2O2/c1-33-24-9-10-27-26(18-24)25(23(19-29)20-30-27)8-5-12-28(21-32)13-16-31(17-14-28)15-11-22-6-3-2-4-7-22/h9-10,18,20,22,32H,2-8,11-17,19,21H2,1H3. The molecule has 33 heavy (non-hydrogen) atoms. The number of ether oxygens (including phenoxy) is 1. The fraction of sp³-hybridized carbons (Fsp3) is 0.679. The average molecular weight is 513 g/mol. The van der Waals surface area contributed by atoms with E-state index in [2.05, 4.69) is 38.9 Å². The van der Waals surface area contributed by atoms with Crippen LogP contribution in [-0.4, -0.2) is 65.2 Å². The van der Waals surface area contributed by atoms with Crippen LogP contribution in [0, 0.1) is 11.3 Å². The molecule has 2 fully saturated rings. The maximum atomic E-state index is 10.4. The second kappa shape index (κ2) is 12.0. The van der Waals surface area contributed by atoms with E-state index in [-0.39, 0.29) is 5.41 Å². The molecule has 5 heteroatoms. The molecule has 4 rings (SSSR count). The number of rotatable bonds is 10. The first-order valence-electron chi connectivity index (χ1n) is 13.0. The molecule has 1 saturated carbocycles. The molecule has 2 aliphatic rings. The van der Waals surface area contributed by atoms with E-state index < -0.39 is 0 Å². The molecule has 2 radical (unpaired) electrons. The Bertz CT molecular complexity index is 884. The summed E-state index contributed by atoms with van der Waals surface area (Å²) in [4.78, 5) is 7.33. The summed E-state index contributed by atoms with van der Waals surface area (Å²) in [5.74, 6) is 1.85. The van der Waals surface area contributed by atoms with Crippen LogP contribution in [0.15, 0.2) is 24.4 Å². The Morgan fingerprint density at radius 2 is 1.97 bits per heavy atom. The Balaban J connectivity index is 1.33. The van der Waals surface area contributed by atoms with Crippen molar-refractivity contribution in [2.45, 2.75) is 75.8 Å². The number of aryl methyl sites for hydroxylation is 1. The third kappa shape index (κ3) is 6.32. The Hall–Kier alpha value is -1.09. The van der Waals surface area contributed by atoms with E-state index in [1.54, 1.807) is 7.11 Å². The van der Waals surface area contributed by atoms with E-state index in [1.807, 2.05) is 12.3 Å². The van der Waals surface area contributed by atoms with Crippen LogP contribution in [0.25, 0.3) is 10.9 Å². The van der Waals surface area contributed by atoms with Crippen LogP contribution in [0.5, 0.6) is 5.75 Å². The molecular weight excluding hydrogens is 471 g/mol. The molecule has 0 bridgehead atoms. The number of hydrogen-bond acceptors (Lipinski definition) is 4. The molecule has 0 spiro atoms. The summed E-state index contributed by atoms with van der Waals surface area (Å²) in [5.41, 5.74) is 3.85. The van der Waals surface area contributed by atoms with Crippen molar-refractivity contribution in [3.63, 3.8) is 0 Å². The number of hydrogen-bond donors (Lipinski definition) is 1. The fourth-order valence-corrected chi connectivity index (χ4v) is 6.62. The van der Waals surface area contributed by atoms with Crippen molar-refractivity contribution < 1.29 is 9.84 Å². The average Bonchev–Trinajstić information content (AvgIpc) is 2.88. The predicted octanol–water partition coefficient (Wildman–Crippen LogP) is 5.28. The van der Waals surface area contributed by atoms with E-state index in [4.69, 9.17) is 4.74 Å². The second-order valence-corrected chi connectivity index (χ2v) is 11.1. The van der Waals surface area contributed by atoms with Gasteiger partial charge in [-0.15, -0.1) is 0 Å². The number of aromatic nitrogens is 1. The summed E-state index contributed by atoms with van der Waals surface area (Å²) in [6, 6.07) is 6.18. The van der Waals surface area contributed by atoms with E-state index >= 15 is 0 Å². The van der Waals surface area contributed by atoms with Gasteiger partial charge in [0, 0.05) is 0 Å². The number of aliphatic hydroxyl groups is 1. The van der Waals surface area contributed by atoms with Crippen LogP contribution >= 0.6 is 0 Å². The van der Waals surface area contributed by atoms with Crippen LogP contribution < -0.4 is 4.74 Å². The van der Waals surface area contributed by atoms with Gasteiger partial charge in [0.1, 0.15) is 0 Å². The van der Waals surface area contributed by atoms with Gasteiger partial charge >= 0.3 is 171 Å². The first-order chi connectivity index (χ1) is 16.2. The van der Waals surface area contributed by atoms with Crippen molar-refractivity contribution in [3.8, 4) is 5.75 Å². The van der Waals surface area contributed by atoms with Crippen LogP contribution in [0.4, 0.5) is 0 Å². The van der Waals surface area contributed by atoms with Crippen molar-refractivity contribution in [3.05, 3.63) is 35.5 Å². The number of fused-ring (bicyclic) bond motifs is 1. The number of aliphatic hydroxyl groups excluding tert-OH is 1. The quantitative estimate of drug-likeness (QED) is 0.440. The topological polar surface area (TPSA) is 45.6 Å². The van der Waals surface area contributed by atoms with Crippen molar-refractivity contribution in [2.24, 2.45) is 11.3 Å². The molecule has 0 unspecified atom stereocenters. The summed E-state index contributed by atoms with van der Waals surface area (Å²) in [6.07, 6.45) is 16.2. The zero-order valence-corrected chi connectivity index (χ0v) is 22.3. The number of nitrogens with zero attached hydrogens (tertiary/aromatic N) is 2. The van der Waals surface area contributed by atoms with Crippen LogP contribution in [0.3, 0.4) is 0 Å². The minimum atomic E-state index is 0.101. The first kappa shape index (κ1) is 25.0. The van der Waals surface area contributed by atoms with Gasteiger partial charge in [0.05, 0.1) is 0 Å². The Morgan fingerprint density at radius 1 is 1.18 bits per heavy atom. The zero-order chi connectivity index (χ0) is 23.1. The zero-order valence-electron chi connectivity index (χ0n) is 20.4. The minimum absolute atomic E-state index is 0.101. The van der Waals surface area contributed by atoms with Gasteiger partial charge in [-0.05, 0) is 5.92 Å². The van der Waals surface area contributed by atoms with Crippen LogP contribution in [-0.2, 0) is 11.6 Å². The van der Waals surface area contributed by atoms with Gasteiger partial charge < -0.3 is 0 Å². The van der Waals surface area contributed by atoms with Crippen molar-refractivity contribution in [1.82, 2.24) is 9.88 Å². The SMILES string of the molecule is COc1ccc2ncc(C[As])c(CCCC3(CO)CCN(CCC4CCCCC4)CC3)c2c1. The van der Waals surface area contributed by atoms with E-state index in [0.717, 1.165) is 67.6 Å². The molecule has 1 N–H and O–H groups in total. The van der Waals surface area contributed by atoms with Gasteiger partial charge in [0.2, 0.25) is 0 Å². The van der Waals surface area contributed by atoms with Gasteiger partial charge in [-0.1, -0.05) is 32.1 Å². The van der Waals surface area contributed by atoms with Gasteiger partial charge in [0.25, 0.3) is 0 Å². The second-order valence-electron chi connectivity index (χ2n) is 10.4. The summed E-state index contributed by atoms with van der Waals surface area (Å²) in [6.45, 7) is 3.89. The van der Waals surface area contributed by atoms with Crippen molar-refractivity contribution >= 4 is 27.8 Å². The summed E-state index contributed by atoms with van der Waals surface area (Å²) in [7, 11) is 1.72. The van der Waals surface area contributed by atoms with E-state index in [0.29, 0.717) is 6.61 Å². The molecule has 0 atom stereocenters. The number of benzene rings is 1. The summed E-state index contributed by atoms with van der Waals surface area (Å²) in [5, 5.41) is 12.5. The predicted molar refractivity (Wildman–Crippen MR) is 137 cm³/mol. The van der Waals surface area contributed by atoms with E-state index in [9.17, 15) is 5.11 Å². The summed E-state index contributed by atoms with van der Waals surface area (Å²) < 4.78 is 5.48. The fourth-order valence-electron chi connectivity index (χ4n) is 6.05. The van der Waals surface area contributed by atoms with Gasteiger partial charge in [0.15, 0.2) is 0 Å². The Kier molecular flexibility index (Phi) is 9.13. The molecule has 1 saturated heterocycles. The molecule has 4 nitrogen and oxygen atoms in total. The number of methoxy groups -OCH3 is 1. The normalized spacial score (nSPS) is 19.7. The van der Waals surface area contributed by atoms with Gasteiger partial charge in [-0.25, -0.2) is 0 Å². The van der Waals surface area contributed by atoms with Crippen molar-refractivity contribution in [1.29, 1.82) is 0 Å². The third-order valence-electron chi connectivity index (χ3n) is 8.41. The van der Waals surface area contributed by atoms with Crippen molar-refractivity contribution in [2.75, 3.05) is 33.4 Å². The van der Waals surface area contributed by atoms with Crippen LogP contribution in [0.2, 0.25) is 0 Å². The molecule has 1 aliphatic carbocycles. The molecule has 1 aromatic carbocycles. The van der Waals surface area contributed by atoms with Gasteiger partial charge in [-0.3, -0.25) is 0 Å². The molecule has 180 valence electrons. The molecule has 2 aromatic rings. The molecular formula is C28H41AsN2O2. The molecule has 1 aromatic heterocycles. The monoisotopic (exact) mass is 512 g/mol. The van der Waals surface area contributed by atoms with E-state index in [1.165, 1.54) is 61.6 Å².